The first-order valence-corrected chi connectivity index (χ1v) is 12.2. The van der Waals surface area contributed by atoms with Gasteiger partial charge in [0.25, 0.3) is 5.91 Å². The van der Waals surface area contributed by atoms with Crippen LogP contribution in [-0.4, -0.2) is 11.6 Å². The molecule has 1 amide bonds. The highest BCUT2D eigenvalue weighted by Gasteiger charge is 2.31. The number of rotatable bonds is 6. The molecule has 0 saturated carbocycles. The number of carbonyl (C=O) groups excluding carboxylic acids is 1. The molecule has 0 atom stereocenters. The Labute approximate surface area is 217 Å². The van der Waals surface area contributed by atoms with Crippen LogP contribution in [0.5, 0.6) is 5.75 Å². The molecule has 4 nitrogen and oxygen atoms in total. The van der Waals surface area contributed by atoms with Gasteiger partial charge in [0.05, 0.1) is 16.3 Å². The zero-order chi connectivity index (χ0) is 24.2. The monoisotopic (exact) mass is 542 g/mol. The number of hydrogen-bond acceptors (Lipinski definition) is 3. The van der Waals surface area contributed by atoms with Crippen molar-refractivity contribution >= 4 is 50.9 Å². The Morgan fingerprint density at radius 1 is 0.886 bits per heavy atom. The lowest BCUT2D eigenvalue weighted by Gasteiger charge is -2.11. The fraction of sp³-hybridized carbons (Fsp3) is 0.0345. The van der Waals surface area contributed by atoms with Crippen LogP contribution in [0.1, 0.15) is 16.7 Å². The normalized spacial score (nSPS) is 14.3. The van der Waals surface area contributed by atoms with Crippen molar-refractivity contribution < 1.29 is 9.53 Å². The lowest BCUT2D eigenvalue weighted by atomic mass is 10.0. The van der Waals surface area contributed by atoms with Crippen molar-refractivity contribution in [3.63, 3.8) is 0 Å². The Kier molecular flexibility index (Phi) is 6.80. The number of benzene rings is 4. The van der Waals surface area contributed by atoms with Crippen LogP contribution in [0.25, 0.3) is 6.08 Å². The van der Waals surface area contributed by atoms with Gasteiger partial charge >= 0.3 is 0 Å². The fourth-order valence-corrected chi connectivity index (χ4v) is 4.24. The molecule has 0 bridgehead atoms. The minimum atomic E-state index is -0.193. The second-order valence-electron chi connectivity index (χ2n) is 7.93. The molecule has 0 saturated heterocycles. The van der Waals surface area contributed by atoms with E-state index in [1.165, 1.54) is 5.01 Å². The Morgan fingerprint density at radius 2 is 1.57 bits per heavy atom. The number of halogens is 2. The summed E-state index contributed by atoms with van der Waals surface area (Å²) >= 11 is 9.97. The maximum absolute atomic E-state index is 13.4. The molecule has 172 valence electrons. The van der Waals surface area contributed by atoms with E-state index in [0.717, 1.165) is 21.2 Å². The molecule has 0 radical (unpaired) electrons. The minimum absolute atomic E-state index is 0.193. The summed E-state index contributed by atoms with van der Waals surface area (Å²) in [5.74, 6) is 0.388. The minimum Gasteiger partial charge on any atom is -0.487 e. The van der Waals surface area contributed by atoms with Gasteiger partial charge in [0.1, 0.15) is 18.1 Å². The Bertz CT molecular complexity index is 1420. The quantitative estimate of drug-likeness (QED) is 0.236. The SMILES string of the molecule is O=C1/C(=C\c2ccc(OCc3ccc(Br)cc3)c(Cl)c2)C(c2ccccc2)=NN1c1ccccc1. The van der Waals surface area contributed by atoms with Gasteiger partial charge in [0, 0.05) is 10.0 Å². The van der Waals surface area contributed by atoms with Crippen molar-refractivity contribution in [2.24, 2.45) is 5.10 Å². The Morgan fingerprint density at radius 3 is 2.26 bits per heavy atom. The van der Waals surface area contributed by atoms with Gasteiger partial charge in [-0.1, -0.05) is 94.3 Å². The van der Waals surface area contributed by atoms with Gasteiger partial charge in [-0.05, 0) is 53.6 Å². The van der Waals surface area contributed by atoms with Crippen molar-refractivity contribution in [3.05, 3.63) is 135 Å². The van der Waals surface area contributed by atoms with Crippen LogP contribution < -0.4 is 9.75 Å². The summed E-state index contributed by atoms with van der Waals surface area (Å²) < 4.78 is 6.92. The number of nitrogens with zero attached hydrogens (tertiary/aromatic N) is 2. The van der Waals surface area contributed by atoms with Gasteiger partial charge in [-0.15, -0.1) is 0 Å². The molecular formula is C29H20BrClN2O2. The van der Waals surface area contributed by atoms with Crippen LogP contribution in [0.2, 0.25) is 5.02 Å². The number of hydrogen-bond donors (Lipinski definition) is 0. The van der Waals surface area contributed by atoms with Crippen molar-refractivity contribution in [3.8, 4) is 5.75 Å². The first kappa shape index (κ1) is 23.1. The smallest absolute Gasteiger partial charge is 0.281 e. The van der Waals surface area contributed by atoms with E-state index < -0.39 is 0 Å². The molecule has 6 heteroatoms. The third-order valence-corrected chi connectivity index (χ3v) is 6.32. The van der Waals surface area contributed by atoms with E-state index in [4.69, 9.17) is 16.3 Å². The summed E-state index contributed by atoms with van der Waals surface area (Å²) in [6.45, 7) is 0.406. The zero-order valence-corrected chi connectivity index (χ0v) is 20.9. The molecule has 0 spiro atoms. The van der Waals surface area contributed by atoms with Crippen molar-refractivity contribution in [2.45, 2.75) is 6.61 Å². The van der Waals surface area contributed by atoms with Crippen LogP contribution in [0.4, 0.5) is 5.69 Å². The highest BCUT2D eigenvalue weighted by Crippen LogP contribution is 2.31. The van der Waals surface area contributed by atoms with E-state index in [2.05, 4.69) is 21.0 Å². The van der Waals surface area contributed by atoms with Crippen LogP contribution in [0.3, 0.4) is 0 Å². The first-order chi connectivity index (χ1) is 17.1. The zero-order valence-electron chi connectivity index (χ0n) is 18.6. The van der Waals surface area contributed by atoms with E-state index in [0.29, 0.717) is 34.4 Å². The molecule has 35 heavy (non-hydrogen) atoms. The number of hydrazone groups is 1. The average Bonchev–Trinajstić information content (AvgIpc) is 3.21. The molecule has 0 aromatic heterocycles. The van der Waals surface area contributed by atoms with Gasteiger partial charge < -0.3 is 4.74 Å². The van der Waals surface area contributed by atoms with E-state index in [-0.39, 0.29) is 5.91 Å². The molecular weight excluding hydrogens is 524 g/mol. The summed E-state index contributed by atoms with van der Waals surface area (Å²) in [4.78, 5) is 13.4. The summed E-state index contributed by atoms with van der Waals surface area (Å²) in [5.41, 5.74) is 4.52. The molecule has 5 rings (SSSR count). The standard InChI is InChI=1S/C29H20BrClN2O2/c30-23-14-11-20(12-15-23)19-35-27-16-13-21(18-26(27)31)17-25-28(22-7-3-1-4-8-22)32-33(29(25)34)24-9-5-2-6-10-24/h1-18H,19H2/b25-17-. The van der Waals surface area contributed by atoms with Crippen LogP contribution in [-0.2, 0) is 11.4 Å². The van der Waals surface area contributed by atoms with Crippen molar-refractivity contribution in [1.82, 2.24) is 0 Å². The predicted molar refractivity (Wildman–Crippen MR) is 145 cm³/mol. The maximum atomic E-state index is 13.4. The topological polar surface area (TPSA) is 41.9 Å². The Hall–Kier alpha value is -3.67. The van der Waals surface area contributed by atoms with Crippen LogP contribution in [0.15, 0.2) is 118 Å². The third-order valence-electron chi connectivity index (χ3n) is 5.50. The molecule has 1 heterocycles. The highest BCUT2D eigenvalue weighted by molar-refractivity contribution is 9.10. The molecule has 4 aromatic carbocycles. The summed E-state index contributed by atoms with van der Waals surface area (Å²) in [5, 5.41) is 6.58. The van der Waals surface area contributed by atoms with Gasteiger partial charge in [-0.3, -0.25) is 4.79 Å². The summed E-state index contributed by atoms with van der Waals surface area (Å²) in [6, 6.07) is 32.5. The van der Waals surface area contributed by atoms with Crippen molar-refractivity contribution in [1.29, 1.82) is 0 Å². The maximum Gasteiger partial charge on any atom is 0.281 e. The molecule has 4 aromatic rings. The van der Waals surface area contributed by atoms with Gasteiger partial charge in [0.2, 0.25) is 0 Å². The molecule has 1 aliphatic rings. The van der Waals surface area contributed by atoms with E-state index in [1.54, 1.807) is 6.07 Å². The number of para-hydroxylation sites is 1. The third kappa shape index (κ3) is 5.21. The second-order valence-corrected chi connectivity index (χ2v) is 9.25. The highest BCUT2D eigenvalue weighted by atomic mass is 79.9. The van der Waals surface area contributed by atoms with E-state index in [1.807, 2.05) is 103 Å². The lowest BCUT2D eigenvalue weighted by Crippen LogP contribution is -2.21. The molecule has 0 aliphatic carbocycles. The van der Waals surface area contributed by atoms with Gasteiger partial charge in [0.15, 0.2) is 0 Å². The number of anilines is 1. The molecule has 0 unspecified atom stereocenters. The summed E-state index contributed by atoms with van der Waals surface area (Å²) in [7, 11) is 0. The van der Waals surface area contributed by atoms with E-state index in [9.17, 15) is 4.79 Å². The second kappa shape index (κ2) is 10.3. The van der Waals surface area contributed by atoms with Crippen LogP contribution >= 0.6 is 27.5 Å². The lowest BCUT2D eigenvalue weighted by molar-refractivity contribution is -0.114. The van der Waals surface area contributed by atoms with Crippen LogP contribution in [0, 0.1) is 0 Å². The Balaban J connectivity index is 1.43. The molecule has 1 aliphatic heterocycles. The number of amides is 1. The van der Waals surface area contributed by atoms with Gasteiger partial charge in [-0.2, -0.15) is 10.1 Å². The summed E-state index contributed by atoms with van der Waals surface area (Å²) in [6.07, 6.45) is 1.82. The first-order valence-electron chi connectivity index (χ1n) is 11.0. The van der Waals surface area contributed by atoms with Gasteiger partial charge in [-0.25, -0.2) is 0 Å². The molecule has 0 fully saturated rings. The fourth-order valence-electron chi connectivity index (χ4n) is 3.73. The number of ether oxygens (including phenoxy) is 1. The largest absolute Gasteiger partial charge is 0.487 e. The average molecular weight is 544 g/mol. The number of carbonyl (C=O) groups is 1. The van der Waals surface area contributed by atoms with E-state index >= 15 is 0 Å². The predicted octanol–water partition coefficient (Wildman–Crippen LogP) is 7.52. The molecule has 0 N–H and O–H groups in total. The van der Waals surface area contributed by atoms with Crippen molar-refractivity contribution in [2.75, 3.05) is 5.01 Å².